The van der Waals surface area contributed by atoms with E-state index in [0.717, 1.165) is 44.9 Å². The number of hydrogen-bond donors (Lipinski definition) is 3. The van der Waals surface area contributed by atoms with Crippen molar-refractivity contribution < 1.29 is 24.5 Å². The Labute approximate surface area is 412 Å². The molecule has 0 heterocycles. The van der Waals surface area contributed by atoms with E-state index in [1.54, 1.807) is 0 Å². The van der Waals surface area contributed by atoms with Crippen LogP contribution in [0.25, 0.3) is 0 Å². The minimum Gasteiger partial charge on any atom is -0.466 e. The molecule has 0 aromatic rings. The van der Waals surface area contributed by atoms with E-state index in [2.05, 4.69) is 31.3 Å². The molecule has 1 amide bonds. The zero-order valence-corrected chi connectivity index (χ0v) is 44.7. The number of aliphatic hydroxyl groups excluding tert-OH is 2. The van der Waals surface area contributed by atoms with Crippen LogP contribution in [0.3, 0.4) is 0 Å². The van der Waals surface area contributed by atoms with E-state index >= 15 is 0 Å². The number of carbonyl (C=O) groups is 2. The number of ether oxygens (including phenoxy) is 1. The van der Waals surface area contributed by atoms with E-state index < -0.39 is 12.1 Å². The highest BCUT2D eigenvalue weighted by Crippen LogP contribution is 2.18. The standard InChI is InChI=1S/C60H117NO5/c1-3-5-7-9-11-13-15-16-17-18-25-28-31-34-38-42-46-50-54-60(65)66-55-51-47-43-39-35-32-29-26-23-21-19-20-22-24-27-30-33-37-41-45-49-53-59(64)61-57(56-62)58(63)52-48-44-40-36-14-12-10-8-6-4-2/h17-18,57-58,62-63H,3-16,19-56H2,1-2H3,(H,61,64)/b18-17-. The van der Waals surface area contributed by atoms with Gasteiger partial charge in [-0.1, -0.05) is 283 Å². The highest BCUT2D eigenvalue weighted by molar-refractivity contribution is 5.76. The van der Waals surface area contributed by atoms with Crippen molar-refractivity contribution in [3.05, 3.63) is 12.2 Å². The lowest BCUT2D eigenvalue weighted by molar-refractivity contribution is -0.143. The third kappa shape index (κ3) is 52.0. The molecule has 0 aliphatic heterocycles. The number of nitrogens with one attached hydrogen (secondary N) is 1. The molecule has 0 fully saturated rings. The molecule has 0 radical (unpaired) electrons. The SMILES string of the molecule is CCCCCCCCC/C=C\CCCCCCCCCC(=O)OCCCCCCCCCCCCCCCCCCCCCCCC(=O)NC(CO)C(O)CCCCCCCCCCCC. The van der Waals surface area contributed by atoms with Crippen LogP contribution in [0.4, 0.5) is 0 Å². The van der Waals surface area contributed by atoms with Crippen molar-refractivity contribution in [3.8, 4) is 0 Å². The van der Waals surface area contributed by atoms with Crippen LogP contribution in [0.1, 0.15) is 335 Å². The summed E-state index contributed by atoms with van der Waals surface area (Å²) in [4.78, 5) is 24.5. The Kier molecular flexibility index (Phi) is 55.0. The van der Waals surface area contributed by atoms with Gasteiger partial charge in [0.1, 0.15) is 0 Å². The fourth-order valence-electron chi connectivity index (χ4n) is 9.46. The molecular weight excluding hydrogens is 815 g/mol. The summed E-state index contributed by atoms with van der Waals surface area (Å²) in [6.45, 7) is 4.95. The van der Waals surface area contributed by atoms with Crippen LogP contribution >= 0.6 is 0 Å². The van der Waals surface area contributed by atoms with E-state index in [1.165, 1.54) is 257 Å². The molecule has 0 saturated heterocycles. The molecule has 0 spiro atoms. The third-order valence-electron chi connectivity index (χ3n) is 14.1. The van der Waals surface area contributed by atoms with Crippen LogP contribution in [-0.2, 0) is 14.3 Å². The Bertz CT molecular complexity index is 986. The maximum absolute atomic E-state index is 12.4. The Morgan fingerprint density at radius 3 is 1.08 bits per heavy atom. The number of hydrogen-bond acceptors (Lipinski definition) is 5. The fraction of sp³-hybridized carbons (Fsp3) is 0.933. The van der Waals surface area contributed by atoms with Gasteiger partial charge in [0.05, 0.1) is 25.4 Å². The van der Waals surface area contributed by atoms with Crippen LogP contribution in [0, 0.1) is 0 Å². The van der Waals surface area contributed by atoms with Gasteiger partial charge in [0, 0.05) is 12.8 Å². The lowest BCUT2D eigenvalue weighted by atomic mass is 10.0. The van der Waals surface area contributed by atoms with E-state index in [1.807, 2.05) is 0 Å². The van der Waals surface area contributed by atoms with Crippen LogP contribution in [0.15, 0.2) is 12.2 Å². The zero-order valence-electron chi connectivity index (χ0n) is 44.7. The molecule has 0 aliphatic carbocycles. The summed E-state index contributed by atoms with van der Waals surface area (Å²) in [5.41, 5.74) is 0. The molecule has 0 aromatic heterocycles. The molecule has 0 rings (SSSR count). The van der Waals surface area contributed by atoms with E-state index in [-0.39, 0.29) is 18.5 Å². The van der Waals surface area contributed by atoms with Gasteiger partial charge in [-0.2, -0.15) is 0 Å². The average molecular weight is 933 g/mol. The number of rotatable bonds is 56. The maximum atomic E-state index is 12.4. The zero-order chi connectivity index (χ0) is 47.9. The van der Waals surface area contributed by atoms with Gasteiger partial charge in [0.2, 0.25) is 5.91 Å². The fourth-order valence-corrected chi connectivity index (χ4v) is 9.46. The molecule has 0 bridgehead atoms. The number of carbonyl (C=O) groups excluding carboxylic acids is 2. The molecule has 2 atom stereocenters. The smallest absolute Gasteiger partial charge is 0.305 e. The molecule has 0 aliphatic rings. The first-order valence-corrected chi connectivity index (χ1v) is 29.9. The second-order valence-corrected chi connectivity index (χ2v) is 20.7. The first kappa shape index (κ1) is 64.6. The highest BCUT2D eigenvalue weighted by Gasteiger charge is 2.20. The molecule has 392 valence electrons. The Morgan fingerprint density at radius 1 is 0.409 bits per heavy atom. The molecule has 66 heavy (non-hydrogen) atoms. The summed E-state index contributed by atoms with van der Waals surface area (Å²) < 4.78 is 5.49. The summed E-state index contributed by atoms with van der Waals surface area (Å²) >= 11 is 0. The van der Waals surface area contributed by atoms with Gasteiger partial charge in [-0.05, 0) is 51.4 Å². The third-order valence-corrected chi connectivity index (χ3v) is 14.1. The van der Waals surface area contributed by atoms with Gasteiger partial charge < -0.3 is 20.3 Å². The number of aliphatic hydroxyl groups is 2. The maximum Gasteiger partial charge on any atom is 0.305 e. The number of allylic oxidation sites excluding steroid dienone is 2. The van der Waals surface area contributed by atoms with Crippen molar-refractivity contribution in [1.82, 2.24) is 5.32 Å². The number of esters is 1. The van der Waals surface area contributed by atoms with Crippen LogP contribution in [0.2, 0.25) is 0 Å². The Balaban J connectivity index is 3.34. The lowest BCUT2D eigenvalue weighted by Gasteiger charge is -2.22. The summed E-state index contributed by atoms with van der Waals surface area (Å²) in [5.74, 6) is -0.0268. The summed E-state index contributed by atoms with van der Waals surface area (Å²) in [7, 11) is 0. The molecule has 0 aromatic carbocycles. The van der Waals surface area contributed by atoms with Crippen LogP contribution < -0.4 is 5.32 Å². The van der Waals surface area contributed by atoms with Crippen molar-refractivity contribution >= 4 is 11.9 Å². The van der Waals surface area contributed by atoms with Crippen LogP contribution in [0.5, 0.6) is 0 Å². The monoisotopic (exact) mass is 932 g/mol. The van der Waals surface area contributed by atoms with Crippen LogP contribution in [-0.4, -0.2) is 47.4 Å². The van der Waals surface area contributed by atoms with E-state index in [4.69, 9.17) is 4.74 Å². The number of amides is 1. The minimum absolute atomic E-state index is 0.00955. The van der Waals surface area contributed by atoms with Crippen molar-refractivity contribution in [2.45, 2.75) is 347 Å². The predicted molar refractivity (Wildman–Crippen MR) is 287 cm³/mol. The minimum atomic E-state index is -0.662. The lowest BCUT2D eigenvalue weighted by Crippen LogP contribution is -2.45. The van der Waals surface area contributed by atoms with E-state index in [0.29, 0.717) is 25.9 Å². The first-order chi connectivity index (χ1) is 32.5. The van der Waals surface area contributed by atoms with Gasteiger partial charge in [-0.15, -0.1) is 0 Å². The molecule has 6 heteroatoms. The van der Waals surface area contributed by atoms with Gasteiger partial charge >= 0.3 is 5.97 Å². The summed E-state index contributed by atoms with van der Waals surface area (Å²) in [5, 5.41) is 23.1. The van der Waals surface area contributed by atoms with Crippen molar-refractivity contribution in [3.63, 3.8) is 0 Å². The number of unbranched alkanes of at least 4 members (excludes halogenated alkanes) is 43. The molecule has 0 saturated carbocycles. The van der Waals surface area contributed by atoms with Gasteiger partial charge in [-0.3, -0.25) is 9.59 Å². The summed E-state index contributed by atoms with van der Waals surface area (Å²) in [6.07, 6.45) is 66.5. The van der Waals surface area contributed by atoms with Crippen molar-refractivity contribution in [1.29, 1.82) is 0 Å². The van der Waals surface area contributed by atoms with Gasteiger partial charge in [0.25, 0.3) is 0 Å². The average Bonchev–Trinajstić information content (AvgIpc) is 3.32. The Hall–Kier alpha value is -1.40. The van der Waals surface area contributed by atoms with E-state index in [9.17, 15) is 19.8 Å². The quantitative estimate of drug-likeness (QED) is 0.0321. The molecule has 6 nitrogen and oxygen atoms in total. The topological polar surface area (TPSA) is 95.9 Å². The molecule has 2 unspecified atom stereocenters. The second-order valence-electron chi connectivity index (χ2n) is 20.7. The highest BCUT2D eigenvalue weighted by atomic mass is 16.5. The summed E-state index contributed by atoms with van der Waals surface area (Å²) in [6, 6.07) is -0.540. The van der Waals surface area contributed by atoms with Gasteiger partial charge in [0.15, 0.2) is 0 Å². The first-order valence-electron chi connectivity index (χ1n) is 29.9. The molecular formula is C60H117NO5. The largest absolute Gasteiger partial charge is 0.466 e. The predicted octanol–water partition coefficient (Wildman–Crippen LogP) is 18.5. The second kappa shape index (κ2) is 56.2. The van der Waals surface area contributed by atoms with Crippen molar-refractivity contribution in [2.24, 2.45) is 0 Å². The van der Waals surface area contributed by atoms with Crippen molar-refractivity contribution in [2.75, 3.05) is 13.2 Å². The normalized spacial score (nSPS) is 12.6. The Morgan fingerprint density at radius 2 is 0.712 bits per heavy atom. The molecule has 3 N–H and O–H groups in total. The van der Waals surface area contributed by atoms with Gasteiger partial charge in [-0.25, -0.2) is 0 Å².